The summed E-state index contributed by atoms with van der Waals surface area (Å²) in [6.07, 6.45) is 0.842. The van der Waals surface area contributed by atoms with Crippen molar-refractivity contribution in [2.45, 2.75) is 12.3 Å². The molecule has 0 heterocycles. The lowest BCUT2D eigenvalue weighted by Crippen LogP contribution is -2.36. The van der Waals surface area contributed by atoms with Crippen LogP contribution >= 0.6 is 8.07 Å². The Bertz CT molecular complexity index is 257. The first-order chi connectivity index (χ1) is 8.82. The quantitative estimate of drug-likeness (QED) is 0.458. The molecule has 2 atom stereocenters. The van der Waals surface area contributed by atoms with Crippen LogP contribution in [-0.4, -0.2) is 82.5 Å². The number of aliphatic carboxylic acids is 1. The zero-order valence-corrected chi connectivity index (χ0v) is 13.5. The molecule has 0 saturated heterocycles. The number of carbonyl (C=O) groups is 1. The van der Waals surface area contributed by atoms with Gasteiger partial charge in [0.2, 0.25) is 0 Å². The van der Waals surface area contributed by atoms with E-state index in [0.29, 0.717) is 24.1 Å². The number of methoxy groups -OCH3 is 2. The lowest BCUT2D eigenvalue weighted by molar-refractivity contribution is -0.741. The fraction of sp³-hybridized carbons (Fsp3) is 0.917. The number of ether oxygens (including phenoxy) is 3. The summed E-state index contributed by atoms with van der Waals surface area (Å²) in [7, 11) is 8.78. The molecule has 0 aliphatic carbocycles. The first kappa shape index (κ1) is 18.7. The highest BCUT2D eigenvalue weighted by Gasteiger charge is 2.35. The minimum absolute atomic E-state index is 0.0225. The SMILES string of the molecule is COCCOC(CC(=O)O)P(CCOC)[N+](C)(C)C. The standard InChI is InChI=1S/C12H26NO5P/c1-13(2,3)19(9-8-17-5)12(10-11(14)15)18-7-6-16-4/h12H,6-10H2,1-5H3/p+1. The predicted molar refractivity (Wildman–Crippen MR) is 75.6 cm³/mol. The summed E-state index contributed by atoms with van der Waals surface area (Å²) in [5.41, 5.74) is 0. The van der Waals surface area contributed by atoms with Gasteiger partial charge in [0.15, 0.2) is 0 Å². The van der Waals surface area contributed by atoms with Crippen LogP contribution in [0.25, 0.3) is 0 Å². The van der Waals surface area contributed by atoms with E-state index in [1.54, 1.807) is 14.2 Å². The van der Waals surface area contributed by atoms with Crippen molar-refractivity contribution in [3.63, 3.8) is 0 Å². The number of nitrogens with zero attached hydrogens (tertiary/aromatic N) is 1. The lowest BCUT2D eigenvalue weighted by atomic mass is 10.5. The maximum atomic E-state index is 11.0. The van der Waals surface area contributed by atoms with Gasteiger partial charge in [-0.05, 0) is 0 Å². The van der Waals surface area contributed by atoms with E-state index >= 15 is 0 Å². The first-order valence-electron chi connectivity index (χ1n) is 6.22. The molecule has 0 aromatic heterocycles. The van der Waals surface area contributed by atoms with Gasteiger partial charge in [-0.1, -0.05) is 0 Å². The maximum absolute atomic E-state index is 11.0. The molecule has 1 N–H and O–H groups in total. The molecule has 0 spiro atoms. The second kappa shape index (κ2) is 9.61. The highest BCUT2D eigenvalue weighted by atomic mass is 31.1. The fourth-order valence-electron chi connectivity index (χ4n) is 1.68. The van der Waals surface area contributed by atoms with Crippen molar-refractivity contribution in [2.75, 3.05) is 61.3 Å². The van der Waals surface area contributed by atoms with Crippen molar-refractivity contribution < 1.29 is 28.4 Å². The Hall–Kier alpha value is -0.260. The van der Waals surface area contributed by atoms with Gasteiger partial charge in [-0.15, -0.1) is 0 Å². The molecule has 0 amide bonds. The summed E-state index contributed by atoms with van der Waals surface area (Å²) in [5.74, 6) is -1.11. The zero-order valence-electron chi connectivity index (χ0n) is 12.6. The summed E-state index contributed by atoms with van der Waals surface area (Å²) >= 11 is 0. The minimum atomic E-state index is -0.833. The number of rotatable bonds is 11. The second-order valence-electron chi connectivity index (χ2n) is 5.01. The van der Waals surface area contributed by atoms with Gasteiger partial charge in [0.1, 0.15) is 13.9 Å². The van der Waals surface area contributed by atoms with Gasteiger partial charge in [0, 0.05) is 20.4 Å². The van der Waals surface area contributed by atoms with Crippen LogP contribution in [0.15, 0.2) is 0 Å². The normalized spacial score (nSPS) is 15.2. The van der Waals surface area contributed by atoms with E-state index in [1.165, 1.54) is 0 Å². The summed E-state index contributed by atoms with van der Waals surface area (Å²) in [4.78, 5) is 11.0. The van der Waals surface area contributed by atoms with E-state index in [-0.39, 0.29) is 12.3 Å². The first-order valence-corrected chi connectivity index (χ1v) is 7.77. The maximum Gasteiger partial charge on any atom is 0.306 e. The summed E-state index contributed by atoms with van der Waals surface area (Å²) in [6, 6.07) is 0. The highest BCUT2D eigenvalue weighted by Crippen LogP contribution is 2.49. The fourth-order valence-corrected chi connectivity index (χ4v) is 4.36. The Morgan fingerprint density at radius 1 is 1.16 bits per heavy atom. The molecule has 0 aromatic carbocycles. The van der Waals surface area contributed by atoms with E-state index < -0.39 is 14.0 Å². The third-order valence-electron chi connectivity index (χ3n) is 2.57. The summed E-state index contributed by atoms with van der Waals surface area (Å²) in [6.45, 7) is 1.51. The monoisotopic (exact) mass is 296 g/mol. The van der Waals surface area contributed by atoms with E-state index in [1.807, 2.05) is 0 Å². The molecular weight excluding hydrogens is 269 g/mol. The molecule has 114 valence electrons. The molecule has 0 fully saturated rings. The van der Waals surface area contributed by atoms with Crippen molar-refractivity contribution in [1.29, 1.82) is 0 Å². The molecule has 0 rings (SSSR count). The van der Waals surface area contributed by atoms with Crippen molar-refractivity contribution in [1.82, 2.24) is 0 Å². The number of carboxylic acid groups (broad SMARTS) is 1. The molecular formula is C12H27NO5P+. The van der Waals surface area contributed by atoms with Crippen LogP contribution in [0.5, 0.6) is 0 Å². The van der Waals surface area contributed by atoms with E-state index in [2.05, 4.69) is 21.1 Å². The van der Waals surface area contributed by atoms with Crippen LogP contribution in [0.4, 0.5) is 0 Å². The Kier molecular flexibility index (Phi) is 9.48. The Labute approximate surface area is 117 Å². The van der Waals surface area contributed by atoms with Gasteiger partial charge >= 0.3 is 5.97 Å². The number of hydrogen-bond donors (Lipinski definition) is 1. The second-order valence-corrected chi connectivity index (χ2v) is 8.12. The number of quaternary nitrogens is 1. The van der Waals surface area contributed by atoms with Crippen LogP contribution in [0.1, 0.15) is 6.42 Å². The molecule has 19 heavy (non-hydrogen) atoms. The zero-order chi connectivity index (χ0) is 14.9. The van der Waals surface area contributed by atoms with Crippen LogP contribution in [0, 0.1) is 0 Å². The summed E-state index contributed by atoms with van der Waals surface area (Å²) < 4.78 is 16.5. The van der Waals surface area contributed by atoms with Crippen LogP contribution in [0.3, 0.4) is 0 Å². The smallest absolute Gasteiger partial charge is 0.306 e. The molecule has 2 unspecified atom stereocenters. The molecule has 6 nitrogen and oxygen atoms in total. The van der Waals surface area contributed by atoms with Gasteiger partial charge in [-0.3, -0.25) is 4.79 Å². The van der Waals surface area contributed by atoms with E-state index in [9.17, 15) is 4.79 Å². The van der Waals surface area contributed by atoms with Gasteiger partial charge in [0.25, 0.3) is 0 Å². The van der Waals surface area contributed by atoms with Gasteiger partial charge in [0.05, 0.1) is 47.4 Å². The van der Waals surface area contributed by atoms with E-state index in [4.69, 9.17) is 19.3 Å². The number of carboxylic acids is 1. The minimum Gasteiger partial charge on any atom is -0.481 e. The Morgan fingerprint density at radius 3 is 2.16 bits per heavy atom. The Morgan fingerprint density at radius 2 is 1.74 bits per heavy atom. The molecule has 0 aliphatic rings. The molecule has 0 radical (unpaired) electrons. The molecule has 0 saturated carbocycles. The van der Waals surface area contributed by atoms with Crippen LogP contribution in [0.2, 0.25) is 0 Å². The average molecular weight is 296 g/mol. The van der Waals surface area contributed by atoms with Crippen molar-refractivity contribution in [2.24, 2.45) is 0 Å². The van der Waals surface area contributed by atoms with Crippen molar-refractivity contribution in [3.8, 4) is 0 Å². The third-order valence-corrected chi connectivity index (χ3v) is 5.75. The molecule has 0 bridgehead atoms. The molecule has 0 aromatic rings. The van der Waals surface area contributed by atoms with Crippen molar-refractivity contribution >= 4 is 14.0 Å². The topological polar surface area (TPSA) is 65.0 Å². The van der Waals surface area contributed by atoms with Gasteiger partial charge < -0.3 is 23.6 Å². The largest absolute Gasteiger partial charge is 0.481 e. The third kappa shape index (κ3) is 8.50. The highest BCUT2D eigenvalue weighted by molar-refractivity contribution is 7.52. The molecule has 0 aliphatic heterocycles. The van der Waals surface area contributed by atoms with Crippen molar-refractivity contribution in [3.05, 3.63) is 0 Å². The number of hydrogen-bond acceptors (Lipinski definition) is 4. The van der Waals surface area contributed by atoms with E-state index in [0.717, 1.165) is 6.16 Å². The van der Waals surface area contributed by atoms with Crippen LogP contribution < -0.4 is 0 Å². The Balaban J connectivity index is 4.73. The van der Waals surface area contributed by atoms with Gasteiger partial charge in [-0.25, -0.2) is 0 Å². The van der Waals surface area contributed by atoms with Gasteiger partial charge in [-0.2, -0.15) is 0 Å². The summed E-state index contributed by atoms with van der Waals surface area (Å²) in [5, 5.41) is 9.04. The predicted octanol–water partition coefficient (Wildman–Crippen LogP) is 1.20. The van der Waals surface area contributed by atoms with Crippen LogP contribution in [-0.2, 0) is 19.0 Å². The molecule has 7 heteroatoms. The average Bonchev–Trinajstić information content (AvgIpc) is 2.27. The lowest BCUT2D eigenvalue weighted by Gasteiger charge is -2.37.